The molecule has 0 aliphatic carbocycles. The molecule has 1 unspecified atom stereocenters. The van der Waals surface area contributed by atoms with Gasteiger partial charge in [0.05, 0.1) is 11.3 Å². The topological polar surface area (TPSA) is 46.6 Å². The van der Waals surface area contributed by atoms with Crippen molar-refractivity contribution in [3.63, 3.8) is 0 Å². The number of ketones is 1. The summed E-state index contributed by atoms with van der Waals surface area (Å²) in [6.45, 7) is 0. The molecule has 0 radical (unpaired) electrons. The van der Waals surface area contributed by atoms with Crippen LogP contribution in [0.1, 0.15) is 31.8 Å². The van der Waals surface area contributed by atoms with E-state index in [4.69, 9.17) is 0 Å². The molecule has 1 amide bonds. The summed E-state index contributed by atoms with van der Waals surface area (Å²) in [6, 6.07) is 5.56. The van der Waals surface area contributed by atoms with Gasteiger partial charge in [-0.15, -0.1) is 13.2 Å². The Labute approximate surface area is 256 Å². The number of Topliss-reactive ketones (excluding diaryl/α,β-unsaturated/α-hetero) is 1. The number of amides is 1. The molecular weight excluding hydrogens is 732 g/mol. The van der Waals surface area contributed by atoms with E-state index >= 15 is 8.78 Å². The van der Waals surface area contributed by atoms with E-state index in [0.29, 0.717) is 4.90 Å². The maximum atomic E-state index is 15.4. The number of hydrogen-bond acceptors (Lipinski definition) is 3. The summed E-state index contributed by atoms with van der Waals surface area (Å²) in [5, 5.41) is 0. The minimum absolute atomic E-state index is 0.142. The molecule has 3 aromatic rings. The third-order valence-electron chi connectivity index (χ3n) is 6.33. The van der Waals surface area contributed by atoms with Crippen LogP contribution in [-0.2, 0) is 12.1 Å². The molecule has 0 saturated heterocycles. The lowest BCUT2D eigenvalue weighted by Gasteiger charge is -2.36. The Morgan fingerprint density at radius 2 is 1.37 bits per heavy atom. The lowest BCUT2D eigenvalue weighted by Crippen LogP contribution is -2.59. The van der Waals surface area contributed by atoms with Crippen LogP contribution in [0.5, 0.6) is 5.75 Å². The van der Waals surface area contributed by atoms with E-state index in [2.05, 4.69) is 20.7 Å². The lowest BCUT2D eigenvalue weighted by molar-refractivity contribution is -0.389. The maximum absolute atomic E-state index is 15.4. The number of anilines is 1. The number of benzene rings is 3. The summed E-state index contributed by atoms with van der Waals surface area (Å²) in [6.07, 6.45) is -21.6. The van der Waals surface area contributed by atoms with Gasteiger partial charge in [-0.25, -0.2) is 13.2 Å². The summed E-state index contributed by atoms with van der Waals surface area (Å²) < 4.78 is 193. The smallest absolute Gasteiger partial charge is 0.405 e. The summed E-state index contributed by atoms with van der Waals surface area (Å²) in [5.41, 5.74) is -12.2. The molecule has 0 aliphatic heterocycles. The predicted octanol–water partition coefficient (Wildman–Crippen LogP) is 9.25. The van der Waals surface area contributed by atoms with Crippen molar-refractivity contribution in [1.29, 1.82) is 0 Å². The van der Waals surface area contributed by atoms with Crippen molar-refractivity contribution in [1.82, 2.24) is 0 Å². The minimum Gasteiger partial charge on any atom is -0.405 e. The first-order valence-corrected chi connectivity index (χ1v) is 12.8. The summed E-state index contributed by atoms with van der Waals surface area (Å²) >= 11 is 2.36. The molecule has 0 N–H and O–H groups in total. The molecule has 3 rings (SSSR count). The highest BCUT2D eigenvalue weighted by molar-refractivity contribution is 9.10. The van der Waals surface area contributed by atoms with E-state index in [1.807, 2.05) is 0 Å². The van der Waals surface area contributed by atoms with Gasteiger partial charge in [-0.3, -0.25) is 9.59 Å². The Morgan fingerprint density at radius 3 is 1.87 bits per heavy atom. The fourth-order valence-electron chi connectivity index (χ4n) is 4.06. The Morgan fingerprint density at radius 1 is 0.804 bits per heavy atom. The molecule has 46 heavy (non-hydrogen) atoms. The van der Waals surface area contributed by atoms with Crippen molar-refractivity contribution < 1.29 is 75.8 Å². The first-order valence-electron chi connectivity index (χ1n) is 12.0. The highest BCUT2D eigenvalue weighted by Gasteiger charge is 2.81. The number of alkyl halides is 12. The van der Waals surface area contributed by atoms with Crippen molar-refractivity contribution in [2.24, 2.45) is 0 Å². The van der Waals surface area contributed by atoms with Crippen molar-refractivity contribution in [2.75, 3.05) is 11.9 Å². The van der Waals surface area contributed by atoms with E-state index in [1.54, 1.807) is 0 Å². The van der Waals surface area contributed by atoms with Crippen LogP contribution >= 0.6 is 15.9 Å². The van der Waals surface area contributed by atoms with Gasteiger partial charge in [-0.1, -0.05) is 22.0 Å². The Balaban J connectivity index is 2.12. The third-order valence-corrected chi connectivity index (χ3v) is 7.04. The quantitative estimate of drug-likeness (QED) is 0.171. The van der Waals surface area contributed by atoms with Gasteiger partial charge in [0.2, 0.25) is 0 Å². The number of carbonyl (C=O) groups excluding carboxylic acids is 2. The lowest BCUT2D eigenvalue weighted by atomic mass is 9.86. The molecule has 0 fully saturated rings. The van der Waals surface area contributed by atoms with Gasteiger partial charge in [0.15, 0.2) is 11.6 Å². The molecule has 3 aromatic carbocycles. The average Bonchev–Trinajstić information content (AvgIpc) is 2.91. The van der Waals surface area contributed by atoms with Gasteiger partial charge < -0.3 is 9.64 Å². The zero-order valence-electron chi connectivity index (χ0n) is 22.2. The van der Waals surface area contributed by atoms with Crippen molar-refractivity contribution in [2.45, 2.75) is 36.7 Å². The monoisotopic (exact) mass is 745 g/mol. The minimum atomic E-state index is -7.24. The Hall–Kier alpha value is -3.90. The normalized spacial score (nSPS) is 14.1. The molecule has 0 aromatic heterocycles. The summed E-state index contributed by atoms with van der Waals surface area (Å²) in [5.74, 6) is -13.8. The number of halogens is 15. The zero-order chi connectivity index (χ0) is 35.2. The summed E-state index contributed by atoms with van der Waals surface area (Å²) in [7, 11) is 1.03. The number of hydrogen-bond donors (Lipinski definition) is 0. The van der Waals surface area contributed by atoms with E-state index < -0.39 is 98.7 Å². The molecule has 0 bridgehead atoms. The van der Waals surface area contributed by atoms with Crippen LogP contribution in [-0.4, -0.2) is 43.4 Å². The van der Waals surface area contributed by atoms with E-state index in [1.165, 1.54) is 0 Å². The van der Waals surface area contributed by atoms with Crippen LogP contribution in [0.2, 0.25) is 0 Å². The van der Waals surface area contributed by atoms with Gasteiger partial charge in [-0.05, 0) is 48.5 Å². The SMILES string of the molecule is CN(C(=O)c1ccc(F)cc1)c1cccc(C(=O)Cc2c(Br)cc(C(F)(C(F)(F)F)C(F)(F)C(F)(F)F)cc2OC(F)(F)F)c1F. The van der Waals surface area contributed by atoms with Gasteiger partial charge in [-0.2, -0.15) is 35.1 Å². The van der Waals surface area contributed by atoms with Crippen LogP contribution in [0.3, 0.4) is 0 Å². The fourth-order valence-corrected chi connectivity index (χ4v) is 4.64. The predicted molar refractivity (Wildman–Crippen MR) is 134 cm³/mol. The second-order valence-electron chi connectivity index (χ2n) is 9.32. The molecule has 1 atom stereocenters. The molecule has 0 heterocycles. The van der Waals surface area contributed by atoms with Crippen LogP contribution < -0.4 is 9.64 Å². The Kier molecular flexibility index (Phi) is 9.83. The van der Waals surface area contributed by atoms with E-state index in [-0.39, 0.29) is 11.6 Å². The standard InChI is InChI=1S/C27H14BrF14NO3/c1-43(22(45)12-5-7-14(29)8-6-12)18-4-2-3-15(21(18)30)19(44)11-16-17(28)9-13(10-20(16)46-27(40,41)42)23(31,25(34,35)36)24(32,33)26(37,38)39/h2-10H,11H2,1H3. The fraction of sp³-hybridized carbons (Fsp3) is 0.259. The number of ether oxygens (including phenoxy) is 1. The van der Waals surface area contributed by atoms with Gasteiger partial charge in [0.1, 0.15) is 11.6 Å². The molecule has 0 spiro atoms. The second-order valence-corrected chi connectivity index (χ2v) is 10.2. The number of nitrogens with zero attached hydrogens (tertiary/aromatic N) is 1. The molecule has 19 heteroatoms. The molecular formula is C27H14BrF14NO3. The van der Waals surface area contributed by atoms with Gasteiger partial charge in [0, 0.05) is 34.6 Å². The van der Waals surface area contributed by atoms with Crippen LogP contribution in [0.15, 0.2) is 59.1 Å². The molecule has 0 aliphatic rings. The summed E-state index contributed by atoms with van der Waals surface area (Å²) in [4.78, 5) is 26.4. The van der Waals surface area contributed by atoms with Crippen molar-refractivity contribution in [3.05, 3.63) is 93.0 Å². The van der Waals surface area contributed by atoms with Crippen LogP contribution in [0.4, 0.5) is 67.2 Å². The van der Waals surface area contributed by atoms with Crippen molar-refractivity contribution >= 4 is 33.3 Å². The van der Waals surface area contributed by atoms with Crippen LogP contribution in [0.25, 0.3) is 0 Å². The largest absolute Gasteiger partial charge is 0.573 e. The second kappa shape index (κ2) is 12.4. The number of rotatable bonds is 8. The van der Waals surface area contributed by atoms with Gasteiger partial charge >= 0.3 is 30.3 Å². The number of carbonyl (C=O) groups is 2. The zero-order valence-corrected chi connectivity index (χ0v) is 23.8. The van der Waals surface area contributed by atoms with Crippen LogP contribution in [0, 0.1) is 11.6 Å². The Bertz CT molecular complexity index is 1630. The average molecular weight is 746 g/mol. The van der Waals surface area contributed by atoms with Gasteiger partial charge in [0.25, 0.3) is 5.91 Å². The molecule has 250 valence electrons. The first-order chi connectivity index (χ1) is 20.8. The highest BCUT2D eigenvalue weighted by atomic mass is 79.9. The van der Waals surface area contributed by atoms with Crippen molar-refractivity contribution in [3.8, 4) is 5.75 Å². The van der Waals surface area contributed by atoms with E-state index in [9.17, 15) is 62.3 Å². The third kappa shape index (κ3) is 6.92. The molecule has 4 nitrogen and oxygen atoms in total. The maximum Gasteiger partial charge on any atom is 0.573 e. The molecule has 0 saturated carbocycles. The highest BCUT2D eigenvalue weighted by Crippen LogP contribution is 2.59. The van der Waals surface area contributed by atoms with E-state index in [0.717, 1.165) is 49.5 Å². The first kappa shape index (κ1) is 36.6.